The van der Waals surface area contributed by atoms with Crippen LogP contribution < -0.4 is 0 Å². The minimum atomic E-state index is -1.07. The van der Waals surface area contributed by atoms with Gasteiger partial charge in [-0.05, 0) is 13.0 Å². The summed E-state index contributed by atoms with van der Waals surface area (Å²) in [6.45, 7) is 17.4. The first-order valence-electron chi connectivity index (χ1n) is 6.68. The molecule has 0 amide bonds. The number of hydrogen-bond acceptors (Lipinski definition) is 3. The van der Waals surface area contributed by atoms with Gasteiger partial charge in [0.15, 0.2) is 0 Å². The van der Waals surface area contributed by atoms with Crippen molar-refractivity contribution in [2.75, 3.05) is 6.61 Å². The Morgan fingerprint density at radius 3 is 2.75 bits per heavy atom. The van der Waals surface area contributed by atoms with E-state index in [0.717, 1.165) is 29.5 Å². The zero-order chi connectivity index (χ0) is 14.8. The molecule has 0 aromatic carbocycles. The predicted octanol–water partition coefficient (Wildman–Crippen LogP) is 3.60. The highest BCUT2D eigenvalue weighted by atomic mass is 28.3. The lowest BCUT2D eigenvalue weighted by molar-refractivity contribution is 0.0886. The van der Waals surface area contributed by atoms with Crippen LogP contribution in [0.25, 0.3) is 15.9 Å². The van der Waals surface area contributed by atoms with Gasteiger partial charge in [0.2, 0.25) is 5.69 Å². The molecule has 2 heterocycles. The van der Waals surface area contributed by atoms with Crippen molar-refractivity contribution in [2.24, 2.45) is 0 Å². The van der Waals surface area contributed by atoms with E-state index in [9.17, 15) is 0 Å². The number of hydrogen-bond donors (Lipinski definition) is 0. The molecule has 0 aliphatic carbocycles. The lowest BCUT2D eigenvalue weighted by Gasteiger charge is -2.16. The summed E-state index contributed by atoms with van der Waals surface area (Å²) >= 11 is 0. The van der Waals surface area contributed by atoms with Gasteiger partial charge < -0.3 is 9.30 Å². The van der Waals surface area contributed by atoms with Gasteiger partial charge in [-0.15, -0.1) is 0 Å². The summed E-state index contributed by atoms with van der Waals surface area (Å²) in [5, 5.41) is 0. The third-order valence-electron chi connectivity index (χ3n) is 3.16. The summed E-state index contributed by atoms with van der Waals surface area (Å²) in [4.78, 5) is 12.0. The fraction of sp³-hybridized carbons (Fsp3) is 0.500. The van der Waals surface area contributed by atoms with Gasteiger partial charge in [-0.25, -0.2) is 9.83 Å². The Balaban J connectivity index is 2.18. The molecule has 0 bridgehead atoms. The number of aryl methyl sites for hydroxylation is 1. The molecule has 0 atom stereocenters. The van der Waals surface area contributed by atoms with E-state index >= 15 is 0 Å². The fourth-order valence-electron chi connectivity index (χ4n) is 1.96. The van der Waals surface area contributed by atoms with Crippen molar-refractivity contribution in [3.8, 4) is 0 Å². The monoisotopic (exact) mass is 288 g/mol. The Bertz CT molecular complexity index is 651. The first-order valence-corrected chi connectivity index (χ1v) is 10.4. The molecule has 2 aromatic heterocycles. The molecular weight excluding hydrogens is 268 g/mol. The van der Waals surface area contributed by atoms with Crippen molar-refractivity contribution >= 4 is 24.8 Å². The average Bonchev–Trinajstić information content (AvgIpc) is 2.69. The van der Waals surface area contributed by atoms with Gasteiger partial charge in [0.25, 0.3) is 0 Å². The van der Waals surface area contributed by atoms with Crippen molar-refractivity contribution in [3.63, 3.8) is 0 Å². The highest BCUT2D eigenvalue weighted by Gasteiger charge is 2.14. The van der Waals surface area contributed by atoms with Crippen LogP contribution in [0.3, 0.4) is 0 Å². The molecule has 0 unspecified atom stereocenters. The second-order valence-electron chi connectivity index (χ2n) is 6.07. The van der Waals surface area contributed by atoms with Gasteiger partial charge in [-0.1, -0.05) is 19.6 Å². The molecule has 0 radical (unpaired) electrons. The van der Waals surface area contributed by atoms with Crippen molar-refractivity contribution in [2.45, 2.75) is 39.3 Å². The average molecular weight is 288 g/mol. The summed E-state index contributed by atoms with van der Waals surface area (Å²) in [5.41, 5.74) is 2.10. The smallest absolute Gasteiger partial charge is 0.230 e. The molecule has 20 heavy (non-hydrogen) atoms. The van der Waals surface area contributed by atoms with Crippen LogP contribution in [0.5, 0.6) is 0 Å². The number of aromatic nitrogens is 3. The van der Waals surface area contributed by atoms with Crippen LogP contribution in [-0.2, 0) is 11.5 Å². The van der Waals surface area contributed by atoms with E-state index in [4.69, 9.17) is 11.3 Å². The Morgan fingerprint density at radius 1 is 1.35 bits per heavy atom. The molecule has 0 saturated heterocycles. The lowest BCUT2D eigenvalue weighted by atomic mass is 10.3. The lowest BCUT2D eigenvalue weighted by Crippen LogP contribution is -2.22. The number of rotatable bonds is 5. The van der Waals surface area contributed by atoms with E-state index in [1.54, 1.807) is 12.4 Å². The van der Waals surface area contributed by atoms with Crippen LogP contribution >= 0.6 is 0 Å². The van der Waals surface area contributed by atoms with Crippen LogP contribution in [0.1, 0.15) is 5.82 Å². The van der Waals surface area contributed by atoms with Gasteiger partial charge in [0.05, 0.1) is 23.8 Å². The summed E-state index contributed by atoms with van der Waals surface area (Å²) in [6.07, 6.45) is 3.27. The molecule has 0 fully saturated rings. The quantitative estimate of drug-likeness (QED) is 0.479. The molecule has 6 heteroatoms. The molecule has 2 rings (SSSR count). The van der Waals surface area contributed by atoms with Crippen LogP contribution in [0, 0.1) is 13.5 Å². The van der Waals surface area contributed by atoms with Crippen LogP contribution in [0.15, 0.2) is 12.4 Å². The Morgan fingerprint density at radius 2 is 2.10 bits per heavy atom. The van der Waals surface area contributed by atoms with Gasteiger partial charge in [-0.2, -0.15) is 0 Å². The van der Waals surface area contributed by atoms with E-state index in [2.05, 4.69) is 34.5 Å². The van der Waals surface area contributed by atoms with Gasteiger partial charge in [-0.3, -0.25) is 4.98 Å². The molecule has 2 aromatic rings. The summed E-state index contributed by atoms with van der Waals surface area (Å²) in [7, 11) is -1.07. The van der Waals surface area contributed by atoms with Gasteiger partial charge in [0, 0.05) is 20.9 Å². The summed E-state index contributed by atoms with van der Waals surface area (Å²) in [6, 6.07) is 1.13. The summed E-state index contributed by atoms with van der Waals surface area (Å²) in [5.74, 6) is 0.853. The number of nitrogens with zero attached hydrogens (tertiary/aromatic N) is 4. The molecule has 0 aliphatic rings. The van der Waals surface area contributed by atoms with Gasteiger partial charge in [0.1, 0.15) is 12.6 Å². The molecule has 5 nitrogen and oxygen atoms in total. The maximum Gasteiger partial charge on any atom is 0.230 e. The molecule has 0 N–H and O–H groups in total. The molecular formula is C14H20N4OSi. The topological polar surface area (TPSA) is 44.3 Å². The van der Waals surface area contributed by atoms with Gasteiger partial charge >= 0.3 is 0 Å². The number of imidazole rings is 1. The molecule has 106 valence electrons. The minimum absolute atomic E-state index is 0.444. The Labute approximate surface area is 120 Å². The number of pyridine rings is 1. The number of ether oxygens (including phenoxy) is 1. The largest absolute Gasteiger partial charge is 0.361 e. The Hall–Kier alpha value is -1.71. The van der Waals surface area contributed by atoms with E-state index < -0.39 is 8.07 Å². The fourth-order valence-corrected chi connectivity index (χ4v) is 2.72. The molecule has 0 saturated carbocycles. The van der Waals surface area contributed by atoms with Crippen LogP contribution in [0.2, 0.25) is 25.7 Å². The van der Waals surface area contributed by atoms with E-state index in [1.807, 2.05) is 11.5 Å². The first kappa shape index (κ1) is 14.7. The van der Waals surface area contributed by atoms with E-state index in [0.29, 0.717) is 12.4 Å². The first-order chi connectivity index (χ1) is 9.42. The second-order valence-corrected chi connectivity index (χ2v) is 11.7. The molecule has 0 spiro atoms. The zero-order valence-electron chi connectivity index (χ0n) is 12.5. The zero-order valence-corrected chi connectivity index (χ0v) is 13.5. The molecule has 0 aliphatic heterocycles. The van der Waals surface area contributed by atoms with Crippen LogP contribution in [0.4, 0.5) is 5.69 Å². The van der Waals surface area contributed by atoms with E-state index in [-0.39, 0.29) is 0 Å². The van der Waals surface area contributed by atoms with Crippen molar-refractivity contribution < 1.29 is 4.74 Å². The van der Waals surface area contributed by atoms with Crippen molar-refractivity contribution in [1.82, 2.24) is 14.5 Å². The third-order valence-corrected chi connectivity index (χ3v) is 4.86. The predicted molar refractivity (Wildman–Crippen MR) is 82.6 cm³/mol. The number of fused-ring (bicyclic) bond motifs is 1. The maximum absolute atomic E-state index is 7.24. The van der Waals surface area contributed by atoms with Crippen LogP contribution in [-0.4, -0.2) is 29.2 Å². The van der Waals surface area contributed by atoms with Crippen molar-refractivity contribution in [3.05, 3.63) is 29.6 Å². The summed E-state index contributed by atoms with van der Waals surface area (Å²) < 4.78 is 7.73. The maximum atomic E-state index is 7.24. The third kappa shape index (κ3) is 3.24. The second kappa shape index (κ2) is 5.73. The highest BCUT2D eigenvalue weighted by molar-refractivity contribution is 6.76. The standard InChI is InChI=1S/C14H20N4OSi/c1-11-17-13-9-16-8-12(15-2)14(13)18(11)10-19-6-7-20(3,4)5/h8-9H,6-7,10H2,1,3-5H3. The normalized spacial score (nSPS) is 11.8. The minimum Gasteiger partial charge on any atom is -0.361 e. The van der Waals surface area contributed by atoms with Crippen molar-refractivity contribution in [1.29, 1.82) is 0 Å². The SMILES string of the molecule is [C-]#[N+]c1cncc2nc(C)n(COCC[Si](C)(C)C)c12. The Kier molecular flexibility index (Phi) is 4.21. The van der Waals surface area contributed by atoms with E-state index in [1.165, 1.54) is 0 Å². The highest BCUT2D eigenvalue weighted by Crippen LogP contribution is 2.25.